The van der Waals surface area contributed by atoms with Crippen molar-refractivity contribution in [3.05, 3.63) is 35.4 Å². The van der Waals surface area contributed by atoms with Gasteiger partial charge in [-0.05, 0) is 17.9 Å². The van der Waals surface area contributed by atoms with E-state index in [4.69, 9.17) is 18.0 Å². The molecule has 6 heteroatoms. The largest absolute Gasteiger partial charge is 0.321 e. The van der Waals surface area contributed by atoms with Gasteiger partial charge in [-0.25, -0.2) is 0 Å². The average molecular weight is 294 g/mol. The zero-order chi connectivity index (χ0) is 14.0. The van der Waals surface area contributed by atoms with Gasteiger partial charge in [0.1, 0.15) is 0 Å². The van der Waals surface area contributed by atoms with Crippen LogP contribution in [0.25, 0.3) is 0 Å². The first-order valence-corrected chi connectivity index (χ1v) is 7.33. The van der Waals surface area contributed by atoms with E-state index in [2.05, 4.69) is 0 Å². The van der Waals surface area contributed by atoms with Gasteiger partial charge in [-0.3, -0.25) is 14.5 Å². The molecule has 0 aromatic heterocycles. The SMILES string of the molecule is CCSC(=S)C(N)CN1C(=O)c2ccccc2C1=O. The van der Waals surface area contributed by atoms with E-state index in [0.29, 0.717) is 15.3 Å². The molecule has 2 N–H and O–H groups in total. The van der Waals surface area contributed by atoms with Gasteiger partial charge >= 0.3 is 0 Å². The quantitative estimate of drug-likeness (QED) is 0.676. The maximum Gasteiger partial charge on any atom is 0.261 e. The third-order valence-electron chi connectivity index (χ3n) is 2.85. The monoisotopic (exact) mass is 294 g/mol. The molecule has 4 nitrogen and oxygen atoms in total. The average Bonchev–Trinajstić information content (AvgIpc) is 2.65. The van der Waals surface area contributed by atoms with Crippen LogP contribution in [0.1, 0.15) is 27.6 Å². The summed E-state index contributed by atoms with van der Waals surface area (Å²) in [5.74, 6) is 0.245. The number of hydrogen-bond acceptors (Lipinski definition) is 5. The summed E-state index contributed by atoms with van der Waals surface area (Å²) in [6.45, 7) is 2.11. The number of benzene rings is 1. The van der Waals surface area contributed by atoms with Crippen molar-refractivity contribution in [1.82, 2.24) is 4.90 Å². The molecular formula is C13H14N2O2S2. The highest BCUT2D eigenvalue weighted by atomic mass is 32.2. The van der Waals surface area contributed by atoms with Gasteiger partial charge in [0.05, 0.1) is 21.4 Å². The molecule has 1 aliphatic rings. The van der Waals surface area contributed by atoms with Crippen LogP contribution in [0.2, 0.25) is 0 Å². The zero-order valence-electron chi connectivity index (χ0n) is 10.5. The van der Waals surface area contributed by atoms with Gasteiger partial charge in [0.25, 0.3) is 11.8 Å². The third kappa shape index (κ3) is 2.70. The predicted octanol–water partition coefficient (Wildman–Crippen LogP) is 1.69. The van der Waals surface area contributed by atoms with Crippen LogP contribution in [0.15, 0.2) is 24.3 Å². The molecule has 0 radical (unpaired) electrons. The van der Waals surface area contributed by atoms with Crippen LogP contribution in [0, 0.1) is 0 Å². The van der Waals surface area contributed by atoms with Gasteiger partial charge in [0, 0.05) is 6.54 Å². The molecule has 1 aliphatic heterocycles. The molecule has 0 saturated carbocycles. The predicted molar refractivity (Wildman–Crippen MR) is 80.5 cm³/mol. The van der Waals surface area contributed by atoms with E-state index >= 15 is 0 Å². The highest BCUT2D eigenvalue weighted by Gasteiger charge is 2.36. The van der Waals surface area contributed by atoms with Crippen molar-refractivity contribution in [3.8, 4) is 0 Å². The summed E-state index contributed by atoms with van der Waals surface area (Å²) >= 11 is 6.63. The lowest BCUT2D eigenvalue weighted by molar-refractivity contribution is 0.0653. The summed E-state index contributed by atoms with van der Waals surface area (Å²) in [5, 5.41) is 0. The van der Waals surface area contributed by atoms with E-state index in [0.717, 1.165) is 5.75 Å². The lowest BCUT2D eigenvalue weighted by atomic mass is 10.1. The maximum absolute atomic E-state index is 12.1. The smallest absolute Gasteiger partial charge is 0.261 e. The standard InChI is InChI=1S/C13H14N2O2S2/c1-2-19-13(18)10(14)7-15-11(16)8-5-3-4-6-9(8)12(15)17/h3-6,10H,2,7,14H2,1H3. The van der Waals surface area contributed by atoms with Crippen molar-refractivity contribution in [2.75, 3.05) is 12.3 Å². The number of imide groups is 1. The van der Waals surface area contributed by atoms with E-state index < -0.39 is 6.04 Å². The molecule has 0 bridgehead atoms. The summed E-state index contributed by atoms with van der Waals surface area (Å²) in [4.78, 5) is 25.4. The molecule has 1 atom stereocenters. The lowest BCUT2D eigenvalue weighted by Crippen LogP contribution is -2.43. The first-order chi connectivity index (χ1) is 9.06. The number of nitrogens with two attached hydrogens (primary N) is 1. The molecule has 1 unspecified atom stereocenters. The fourth-order valence-electron chi connectivity index (χ4n) is 1.93. The van der Waals surface area contributed by atoms with E-state index in [1.165, 1.54) is 16.7 Å². The molecule has 0 spiro atoms. The molecular weight excluding hydrogens is 280 g/mol. The number of carbonyl (C=O) groups excluding carboxylic acids is 2. The number of thiocarbonyl (C=S) groups is 1. The van der Waals surface area contributed by atoms with E-state index in [-0.39, 0.29) is 18.4 Å². The minimum atomic E-state index is -0.470. The highest BCUT2D eigenvalue weighted by Crippen LogP contribution is 2.22. The first kappa shape index (κ1) is 14.2. The van der Waals surface area contributed by atoms with Crippen molar-refractivity contribution >= 4 is 40.0 Å². The Morgan fingerprint density at radius 3 is 2.32 bits per heavy atom. The Balaban J connectivity index is 2.14. The Hall–Kier alpha value is -1.24. The summed E-state index contributed by atoms with van der Waals surface area (Å²) in [7, 11) is 0. The number of thioether (sulfide) groups is 1. The van der Waals surface area contributed by atoms with Crippen LogP contribution < -0.4 is 5.73 Å². The minimum Gasteiger partial charge on any atom is -0.321 e. The number of hydrogen-bond donors (Lipinski definition) is 1. The molecule has 100 valence electrons. The van der Waals surface area contributed by atoms with Gasteiger partial charge in [0.15, 0.2) is 0 Å². The van der Waals surface area contributed by atoms with Crippen molar-refractivity contribution < 1.29 is 9.59 Å². The van der Waals surface area contributed by atoms with Gasteiger partial charge in [-0.1, -0.05) is 31.3 Å². The normalized spacial score (nSPS) is 15.6. The number of nitrogens with zero attached hydrogens (tertiary/aromatic N) is 1. The Morgan fingerprint density at radius 2 is 1.84 bits per heavy atom. The number of amides is 2. The fraction of sp³-hybridized carbons (Fsp3) is 0.308. The van der Waals surface area contributed by atoms with Crippen molar-refractivity contribution in [2.45, 2.75) is 13.0 Å². The van der Waals surface area contributed by atoms with Gasteiger partial charge in [-0.2, -0.15) is 0 Å². The van der Waals surface area contributed by atoms with E-state index in [9.17, 15) is 9.59 Å². The highest BCUT2D eigenvalue weighted by molar-refractivity contribution is 8.23. The van der Waals surface area contributed by atoms with Gasteiger partial charge in [0.2, 0.25) is 0 Å². The molecule has 1 aromatic carbocycles. The summed E-state index contributed by atoms with van der Waals surface area (Å²) < 4.78 is 0.624. The zero-order valence-corrected chi connectivity index (χ0v) is 12.1. The van der Waals surface area contributed by atoms with E-state index in [1.54, 1.807) is 24.3 Å². The number of carbonyl (C=O) groups is 2. The van der Waals surface area contributed by atoms with Gasteiger partial charge < -0.3 is 5.73 Å². The van der Waals surface area contributed by atoms with Crippen LogP contribution in [-0.2, 0) is 0 Å². The lowest BCUT2D eigenvalue weighted by Gasteiger charge is -2.19. The minimum absolute atomic E-state index is 0.137. The second kappa shape index (κ2) is 5.81. The second-order valence-electron chi connectivity index (χ2n) is 4.13. The third-order valence-corrected chi connectivity index (χ3v) is 4.38. The van der Waals surface area contributed by atoms with Crippen molar-refractivity contribution in [2.24, 2.45) is 5.73 Å². The van der Waals surface area contributed by atoms with Crippen LogP contribution >= 0.6 is 24.0 Å². The van der Waals surface area contributed by atoms with Gasteiger partial charge in [-0.15, -0.1) is 11.8 Å². The second-order valence-corrected chi connectivity index (χ2v) is 6.13. The Kier molecular flexibility index (Phi) is 4.34. The molecule has 1 aromatic rings. The molecule has 19 heavy (non-hydrogen) atoms. The topological polar surface area (TPSA) is 63.4 Å². The summed E-state index contributed by atoms with van der Waals surface area (Å²) in [6, 6.07) is 6.32. The van der Waals surface area contributed by atoms with Crippen LogP contribution in [0.3, 0.4) is 0 Å². The first-order valence-electron chi connectivity index (χ1n) is 5.93. The van der Waals surface area contributed by atoms with Crippen molar-refractivity contribution in [1.29, 1.82) is 0 Å². The van der Waals surface area contributed by atoms with E-state index in [1.807, 2.05) is 6.92 Å². The Morgan fingerprint density at radius 1 is 1.32 bits per heavy atom. The molecule has 0 aliphatic carbocycles. The Labute approximate surface area is 121 Å². The molecule has 0 fully saturated rings. The van der Waals surface area contributed by atoms with Crippen molar-refractivity contribution in [3.63, 3.8) is 0 Å². The number of rotatable bonds is 4. The molecule has 2 rings (SSSR count). The molecule has 1 heterocycles. The van der Waals surface area contributed by atoms with Crippen LogP contribution in [0.5, 0.6) is 0 Å². The number of fused-ring (bicyclic) bond motifs is 1. The fourth-order valence-corrected chi connectivity index (χ4v) is 2.93. The maximum atomic E-state index is 12.1. The summed E-state index contributed by atoms with van der Waals surface area (Å²) in [6.07, 6.45) is 0. The summed E-state index contributed by atoms with van der Waals surface area (Å²) in [5.41, 5.74) is 6.81. The van der Waals surface area contributed by atoms with Crippen LogP contribution in [-0.4, -0.2) is 39.3 Å². The molecule has 2 amide bonds. The van der Waals surface area contributed by atoms with Crippen LogP contribution in [0.4, 0.5) is 0 Å². The Bertz CT molecular complexity index is 510. The molecule has 0 saturated heterocycles.